The maximum absolute atomic E-state index is 6.02. The standard InChI is InChI=1S/C15H24ClN3/c1-3-5-11-6-8-12(9-7-11)17-15-10-13(16)18-14(4-2)19-15/h10-12H,3-9H2,1-2H3,(H,17,18,19). The van der Waals surface area contributed by atoms with Gasteiger partial charge in [0.15, 0.2) is 0 Å². The molecule has 4 heteroatoms. The van der Waals surface area contributed by atoms with Gasteiger partial charge >= 0.3 is 0 Å². The van der Waals surface area contributed by atoms with Crippen LogP contribution in [0.15, 0.2) is 6.07 Å². The number of halogens is 1. The zero-order valence-corrected chi connectivity index (χ0v) is 12.7. The van der Waals surface area contributed by atoms with Crippen molar-refractivity contribution in [3.63, 3.8) is 0 Å². The topological polar surface area (TPSA) is 37.8 Å². The molecular weight excluding hydrogens is 258 g/mol. The van der Waals surface area contributed by atoms with Crippen LogP contribution in [0.2, 0.25) is 5.15 Å². The first-order valence-corrected chi connectivity index (χ1v) is 7.89. The summed E-state index contributed by atoms with van der Waals surface area (Å²) in [6.45, 7) is 4.32. The van der Waals surface area contributed by atoms with Crippen molar-refractivity contribution in [2.45, 2.75) is 64.8 Å². The zero-order valence-electron chi connectivity index (χ0n) is 12.0. The number of aryl methyl sites for hydroxylation is 1. The summed E-state index contributed by atoms with van der Waals surface area (Å²) in [5, 5.41) is 4.06. The van der Waals surface area contributed by atoms with Crippen LogP contribution in [-0.2, 0) is 6.42 Å². The molecule has 0 radical (unpaired) electrons. The molecule has 1 heterocycles. The largest absolute Gasteiger partial charge is 0.367 e. The van der Waals surface area contributed by atoms with Gasteiger partial charge in [0.05, 0.1) is 0 Å². The molecular formula is C15H24ClN3. The van der Waals surface area contributed by atoms with E-state index in [1.54, 1.807) is 0 Å². The SMILES string of the molecule is CCCC1CCC(Nc2cc(Cl)nc(CC)n2)CC1. The maximum Gasteiger partial charge on any atom is 0.134 e. The molecule has 19 heavy (non-hydrogen) atoms. The third-order valence-corrected chi connectivity index (χ3v) is 4.15. The molecule has 1 N–H and O–H groups in total. The van der Waals surface area contributed by atoms with Gasteiger partial charge in [0.25, 0.3) is 0 Å². The van der Waals surface area contributed by atoms with Gasteiger partial charge < -0.3 is 5.32 Å². The summed E-state index contributed by atoms with van der Waals surface area (Å²) in [5.41, 5.74) is 0. The highest BCUT2D eigenvalue weighted by Crippen LogP contribution is 2.29. The Morgan fingerprint density at radius 2 is 1.95 bits per heavy atom. The molecule has 2 rings (SSSR count). The van der Waals surface area contributed by atoms with Crippen molar-refractivity contribution >= 4 is 17.4 Å². The molecule has 0 saturated heterocycles. The van der Waals surface area contributed by atoms with Crippen LogP contribution < -0.4 is 5.32 Å². The van der Waals surface area contributed by atoms with Gasteiger partial charge in [-0.25, -0.2) is 9.97 Å². The fourth-order valence-corrected chi connectivity index (χ4v) is 3.11. The van der Waals surface area contributed by atoms with Crippen molar-refractivity contribution < 1.29 is 0 Å². The number of anilines is 1. The molecule has 0 atom stereocenters. The van der Waals surface area contributed by atoms with Gasteiger partial charge in [-0.2, -0.15) is 0 Å². The Morgan fingerprint density at radius 3 is 2.58 bits per heavy atom. The predicted molar refractivity (Wildman–Crippen MR) is 80.7 cm³/mol. The monoisotopic (exact) mass is 281 g/mol. The summed E-state index contributed by atoms with van der Waals surface area (Å²) in [7, 11) is 0. The van der Waals surface area contributed by atoms with Crippen molar-refractivity contribution in [2.24, 2.45) is 5.92 Å². The van der Waals surface area contributed by atoms with Crippen molar-refractivity contribution in [1.29, 1.82) is 0 Å². The normalized spacial score (nSPS) is 23.3. The van der Waals surface area contributed by atoms with E-state index in [0.717, 1.165) is 24.0 Å². The van der Waals surface area contributed by atoms with E-state index in [0.29, 0.717) is 11.2 Å². The first-order chi connectivity index (χ1) is 9.21. The molecule has 106 valence electrons. The zero-order chi connectivity index (χ0) is 13.7. The van der Waals surface area contributed by atoms with E-state index in [1.165, 1.54) is 38.5 Å². The minimum absolute atomic E-state index is 0.536. The third kappa shape index (κ3) is 4.34. The Labute approximate surface area is 121 Å². The molecule has 1 aliphatic rings. The number of nitrogens with one attached hydrogen (secondary N) is 1. The van der Waals surface area contributed by atoms with Crippen LogP contribution >= 0.6 is 11.6 Å². The molecule has 1 aliphatic carbocycles. The van der Waals surface area contributed by atoms with Crippen LogP contribution in [-0.4, -0.2) is 16.0 Å². The molecule has 0 spiro atoms. The van der Waals surface area contributed by atoms with E-state index in [2.05, 4.69) is 22.2 Å². The average molecular weight is 282 g/mol. The quantitative estimate of drug-likeness (QED) is 0.810. The number of hydrogen-bond acceptors (Lipinski definition) is 3. The summed E-state index contributed by atoms with van der Waals surface area (Å²) >= 11 is 6.02. The Morgan fingerprint density at radius 1 is 1.21 bits per heavy atom. The second-order valence-corrected chi connectivity index (χ2v) is 5.88. The van der Waals surface area contributed by atoms with Crippen LogP contribution in [0.4, 0.5) is 5.82 Å². The van der Waals surface area contributed by atoms with Crippen molar-refractivity contribution in [3.05, 3.63) is 17.0 Å². The number of nitrogens with zero attached hydrogens (tertiary/aromatic N) is 2. The molecule has 0 amide bonds. The number of aromatic nitrogens is 2. The Balaban J connectivity index is 1.90. The van der Waals surface area contributed by atoms with Gasteiger partial charge in [0, 0.05) is 18.5 Å². The predicted octanol–water partition coefficient (Wildman–Crippen LogP) is 4.46. The third-order valence-electron chi connectivity index (χ3n) is 3.95. The molecule has 1 aromatic rings. The fourth-order valence-electron chi connectivity index (χ4n) is 2.91. The van der Waals surface area contributed by atoms with Gasteiger partial charge in [-0.05, 0) is 31.6 Å². The average Bonchev–Trinajstić information content (AvgIpc) is 2.40. The Hall–Kier alpha value is -0.830. The first-order valence-electron chi connectivity index (χ1n) is 7.51. The summed E-state index contributed by atoms with van der Waals surface area (Å²) in [6.07, 6.45) is 8.67. The van der Waals surface area contributed by atoms with Gasteiger partial charge in [0.1, 0.15) is 16.8 Å². The molecule has 3 nitrogen and oxygen atoms in total. The Kier molecular flexibility index (Phi) is 5.44. The molecule has 1 fully saturated rings. The van der Waals surface area contributed by atoms with Gasteiger partial charge in [-0.3, -0.25) is 0 Å². The molecule has 0 unspecified atom stereocenters. The van der Waals surface area contributed by atoms with Gasteiger partial charge in [-0.1, -0.05) is 38.3 Å². The highest BCUT2D eigenvalue weighted by atomic mass is 35.5. The van der Waals surface area contributed by atoms with Gasteiger partial charge in [-0.15, -0.1) is 0 Å². The molecule has 0 aliphatic heterocycles. The lowest BCUT2D eigenvalue weighted by atomic mass is 9.83. The number of hydrogen-bond donors (Lipinski definition) is 1. The van der Waals surface area contributed by atoms with Crippen LogP contribution in [0.5, 0.6) is 0 Å². The van der Waals surface area contributed by atoms with E-state index in [9.17, 15) is 0 Å². The van der Waals surface area contributed by atoms with E-state index in [-0.39, 0.29) is 0 Å². The highest BCUT2D eigenvalue weighted by Gasteiger charge is 2.20. The summed E-state index contributed by atoms with van der Waals surface area (Å²) in [5.74, 6) is 2.63. The van der Waals surface area contributed by atoms with E-state index in [4.69, 9.17) is 11.6 Å². The van der Waals surface area contributed by atoms with Crippen molar-refractivity contribution in [3.8, 4) is 0 Å². The van der Waals surface area contributed by atoms with E-state index in [1.807, 2.05) is 13.0 Å². The number of rotatable bonds is 5. The van der Waals surface area contributed by atoms with E-state index < -0.39 is 0 Å². The van der Waals surface area contributed by atoms with Crippen LogP contribution in [0.3, 0.4) is 0 Å². The van der Waals surface area contributed by atoms with Crippen LogP contribution in [0.25, 0.3) is 0 Å². The van der Waals surface area contributed by atoms with Gasteiger partial charge in [0.2, 0.25) is 0 Å². The second kappa shape index (κ2) is 7.09. The summed E-state index contributed by atoms with van der Waals surface area (Å²) in [4.78, 5) is 8.69. The van der Waals surface area contributed by atoms with Crippen molar-refractivity contribution in [1.82, 2.24) is 9.97 Å². The molecule has 1 saturated carbocycles. The van der Waals surface area contributed by atoms with Crippen molar-refractivity contribution in [2.75, 3.05) is 5.32 Å². The summed E-state index contributed by atoms with van der Waals surface area (Å²) < 4.78 is 0. The fraction of sp³-hybridized carbons (Fsp3) is 0.733. The second-order valence-electron chi connectivity index (χ2n) is 5.50. The molecule has 0 aromatic carbocycles. The van der Waals surface area contributed by atoms with Crippen LogP contribution in [0.1, 0.15) is 58.2 Å². The smallest absolute Gasteiger partial charge is 0.134 e. The maximum atomic E-state index is 6.02. The lowest BCUT2D eigenvalue weighted by Crippen LogP contribution is -2.26. The first kappa shape index (κ1) is 14.6. The minimum atomic E-state index is 0.536. The Bertz CT molecular complexity index is 400. The summed E-state index contributed by atoms with van der Waals surface area (Å²) in [6, 6.07) is 2.38. The molecule has 0 bridgehead atoms. The molecule has 1 aromatic heterocycles. The van der Waals surface area contributed by atoms with E-state index >= 15 is 0 Å². The highest BCUT2D eigenvalue weighted by molar-refractivity contribution is 6.29. The lowest BCUT2D eigenvalue weighted by Gasteiger charge is -2.29. The van der Waals surface area contributed by atoms with Crippen LogP contribution in [0, 0.1) is 5.92 Å². The lowest BCUT2D eigenvalue weighted by molar-refractivity contribution is 0.318. The minimum Gasteiger partial charge on any atom is -0.367 e.